The highest BCUT2D eigenvalue weighted by atomic mass is 16.7. The van der Waals surface area contributed by atoms with Crippen LogP contribution in [0.25, 0.3) is 11.4 Å². The molecule has 0 aliphatic carbocycles. The third kappa shape index (κ3) is 6.25. The van der Waals surface area contributed by atoms with Gasteiger partial charge in [0, 0.05) is 30.0 Å². The molecule has 3 heterocycles. The first-order chi connectivity index (χ1) is 19.2. The molecule has 206 valence electrons. The zero-order valence-corrected chi connectivity index (χ0v) is 22.9. The van der Waals surface area contributed by atoms with E-state index in [1.165, 1.54) is 9.70 Å². The number of tetrazole rings is 1. The van der Waals surface area contributed by atoms with Gasteiger partial charge in [-0.15, -0.1) is 10.2 Å². The van der Waals surface area contributed by atoms with Gasteiger partial charge in [-0.05, 0) is 68.3 Å². The maximum absolute atomic E-state index is 14.0. The Morgan fingerprint density at radius 3 is 2.48 bits per heavy atom. The minimum atomic E-state index is -0.944. The molecule has 1 aliphatic heterocycles. The number of rotatable bonds is 8. The standard InChI is InChI=1S/C29H31N7O4/c1-19-5-8-22(9-6-19)27-32-34-36(33-27)17-25(37)35(16-20-7-10-23-24(15-20)40-18-39-23)26(21-11-13-30-14-12-21)28(38)31-29(2,3)4/h5-15,26H,16-18H2,1-4H3,(H,31,38). The van der Waals surface area contributed by atoms with E-state index < -0.39 is 11.6 Å². The van der Waals surface area contributed by atoms with Gasteiger partial charge >= 0.3 is 0 Å². The molecule has 2 aromatic heterocycles. The van der Waals surface area contributed by atoms with Crippen molar-refractivity contribution in [2.75, 3.05) is 6.79 Å². The lowest BCUT2D eigenvalue weighted by Crippen LogP contribution is -2.49. The first kappa shape index (κ1) is 26.8. The van der Waals surface area contributed by atoms with Crippen molar-refractivity contribution in [2.45, 2.75) is 52.4 Å². The smallest absolute Gasteiger partial charge is 0.247 e. The van der Waals surface area contributed by atoms with E-state index in [0.717, 1.165) is 16.7 Å². The monoisotopic (exact) mass is 541 g/mol. The fourth-order valence-corrected chi connectivity index (χ4v) is 4.36. The number of ether oxygens (including phenoxy) is 2. The largest absolute Gasteiger partial charge is 0.454 e. The van der Waals surface area contributed by atoms with Crippen molar-refractivity contribution in [3.05, 3.63) is 83.7 Å². The summed E-state index contributed by atoms with van der Waals surface area (Å²) in [7, 11) is 0. The van der Waals surface area contributed by atoms with E-state index in [4.69, 9.17) is 9.47 Å². The molecule has 0 saturated carbocycles. The van der Waals surface area contributed by atoms with Gasteiger partial charge in [0.05, 0.1) is 0 Å². The van der Waals surface area contributed by atoms with Gasteiger partial charge < -0.3 is 19.7 Å². The normalized spacial score (nSPS) is 13.1. The topological polar surface area (TPSA) is 124 Å². The van der Waals surface area contributed by atoms with Crippen molar-refractivity contribution in [1.29, 1.82) is 0 Å². The molecule has 4 aromatic rings. The van der Waals surface area contributed by atoms with Crippen LogP contribution >= 0.6 is 0 Å². The zero-order chi connectivity index (χ0) is 28.3. The molecule has 1 aliphatic rings. The number of aromatic nitrogens is 5. The average molecular weight is 542 g/mol. The number of pyridine rings is 1. The third-order valence-corrected chi connectivity index (χ3v) is 6.23. The van der Waals surface area contributed by atoms with Crippen LogP contribution in [-0.4, -0.2) is 54.2 Å². The number of benzene rings is 2. The number of fused-ring (bicyclic) bond motifs is 1. The van der Waals surface area contributed by atoms with Crippen LogP contribution in [-0.2, 0) is 22.7 Å². The van der Waals surface area contributed by atoms with Gasteiger partial charge in [0.1, 0.15) is 12.6 Å². The highest BCUT2D eigenvalue weighted by Gasteiger charge is 2.34. The molecule has 0 radical (unpaired) electrons. The molecule has 2 amide bonds. The van der Waals surface area contributed by atoms with Crippen molar-refractivity contribution in [3.63, 3.8) is 0 Å². The van der Waals surface area contributed by atoms with E-state index in [0.29, 0.717) is 22.9 Å². The van der Waals surface area contributed by atoms with Crippen LogP contribution in [0.4, 0.5) is 0 Å². The van der Waals surface area contributed by atoms with Crippen LogP contribution in [0.1, 0.15) is 43.5 Å². The van der Waals surface area contributed by atoms with Gasteiger partial charge in [0.15, 0.2) is 11.5 Å². The Balaban J connectivity index is 1.48. The highest BCUT2D eigenvalue weighted by molar-refractivity contribution is 5.89. The van der Waals surface area contributed by atoms with E-state index in [1.54, 1.807) is 30.6 Å². The molecule has 1 unspecified atom stereocenters. The molecule has 11 heteroatoms. The quantitative estimate of drug-likeness (QED) is 0.360. The average Bonchev–Trinajstić information content (AvgIpc) is 3.58. The molecule has 5 rings (SSSR count). The number of hydrogen-bond donors (Lipinski definition) is 1. The predicted octanol–water partition coefficient (Wildman–Crippen LogP) is 3.46. The maximum atomic E-state index is 14.0. The second kappa shape index (κ2) is 11.1. The van der Waals surface area contributed by atoms with E-state index in [1.807, 2.05) is 64.1 Å². The SMILES string of the molecule is Cc1ccc(-c2nnn(CC(=O)N(Cc3ccc4c(c3)OCO4)C(C(=O)NC(C)(C)C)c3ccncc3)n2)cc1. The predicted molar refractivity (Wildman–Crippen MR) is 146 cm³/mol. The fraction of sp³-hybridized carbons (Fsp3) is 0.310. The molecule has 1 N–H and O–H groups in total. The van der Waals surface area contributed by atoms with Crippen molar-refractivity contribution < 1.29 is 19.1 Å². The van der Waals surface area contributed by atoms with Gasteiger partial charge in [0.2, 0.25) is 24.4 Å². The summed E-state index contributed by atoms with van der Waals surface area (Å²) < 4.78 is 11.0. The number of nitrogens with one attached hydrogen (secondary N) is 1. The molecule has 0 fully saturated rings. The number of aryl methyl sites for hydroxylation is 1. The van der Waals surface area contributed by atoms with Crippen molar-refractivity contribution in [1.82, 2.24) is 35.4 Å². The first-order valence-corrected chi connectivity index (χ1v) is 12.9. The number of amides is 2. The van der Waals surface area contributed by atoms with Gasteiger partial charge in [-0.1, -0.05) is 35.9 Å². The fourth-order valence-electron chi connectivity index (χ4n) is 4.36. The minimum Gasteiger partial charge on any atom is -0.454 e. The summed E-state index contributed by atoms with van der Waals surface area (Å²) in [4.78, 5) is 34.6. The lowest BCUT2D eigenvalue weighted by molar-refractivity contribution is -0.143. The highest BCUT2D eigenvalue weighted by Crippen LogP contribution is 2.34. The second-order valence-electron chi connectivity index (χ2n) is 10.6. The molecular weight excluding hydrogens is 510 g/mol. The molecule has 0 saturated heterocycles. The second-order valence-corrected chi connectivity index (χ2v) is 10.6. The minimum absolute atomic E-state index is 0.125. The van der Waals surface area contributed by atoms with E-state index >= 15 is 0 Å². The van der Waals surface area contributed by atoms with Crippen LogP contribution in [0.15, 0.2) is 67.0 Å². The van der Waals surface area contributed by atoms with Gasteiger partial charge in [-0.2, -0.15) is 4.80 Å². The van der Waals surface area contributed by atoms with Crippen LogP contribution < -0.4 is 14.8 Å². The summed E-state index contributed by atoms with van der Waals surface area (Å²) in [6.45, 7) is 7.72. The molecule has 0 spiro atoms. The molecule has 1 atom stereocenters. The summed E-state index contributed by atoms with van der Waals surface area (Å²) in [6, 6.07) is 15.7. The van der Waals surface area contributed by atoms with Crippen molar-refractivity contribution in [2.24, 2.45) is 0 Å². The summed E-state index contributed by atoms with van der Waals surface area (Å²) in [5.41, 5.74) is 2.78. The van der Waals surface area contributed by atoms with Gasteiger partial charge in [-0.3, -0.25) is 14.6 Å². The Morgan fingerprint density at radius 1 is 1.02 bits per heavy atom. The molecule has 0 bridgehead atoms. The maximum Gasteiger partial charge on any atom is 0.247 e. The summed E-state index contributed by atoms with van der Waals surface area (Å²) in [5.74, 6) is 0.945. The third-order valence-electron chi connectivity index (χ3n) is 6.23. The molecule has 2 aromatic carbocycles. The first-order valence-electron chi connectivity index (χ1n) is 12.9. The van der Waals surface area contributed by atoms with Crippen molar-refractivity contribution >= 4 is 11.8 Å². The molecule has 11 nitrogen and oxygen atoms in total. The zero-order valence-electron chi connectivity index (χ0n) is 22.9. The Morgan fingerprint density at radius 2 is 1.75 bits per heavy atom. The number of carbonyl (C=O) groups is 2. The number of hydrogen-bond acceptors (Lipinski definition) is 8. The Hall–Kier alpha value is -4.80. The van der Waals surface area contributed by atoms with E-state index in [-0.39, 0.29) is 31.7 Å². The lowest BCUT2D eigenvalue weighted by Gasteiger charge is -2.33. The van der Waals surface area contributed by atoms with E-state index in [9.17, 15) is 9.59 Å². The van der Waals surface area contributed by atoms with E-state index in [2.05, 4.69) is 25.7 Å². The van der Waals surface area contributed by atoms with Gasteiger partial charge in [-0.25, -0.2) is 0 Å². The Bertz CT molecular complexity index is 1500. The van der Waals surface area contributed by atoms with Crippen LogP contribution in [0.5, 0.6) is 11.5 Å². The molecule has 40 heavy (non-hydrogen) atoms. The molecular formula is C29H31N7O4. The Labute approximate surface area is 232 Å². The van der Waals surface area contributed by atoms with Crippen molar-refractivity contribution in [3.8, 4) is 22.9 Å². The van der Waals surface area contributed by atoms with Crippen LogP contribution in [0.3, 0.4) is 0 Å². The van der Waals surface area contributed by atoms with Crippen LogP contribution in [0.2, 0.25) is 0 Å². The summed E-state index contributed by atoms with van der Waals surface area (Å²) in [6.07, 6.45) is 3.20. The summed E-state index contributed by atoms with van der Waals surface area (Å²) >= 11 is 0. The van der Waals surface area contributed by atoms with Gasteiger partial charge in [0.25, 0.3) is 0 Å². The Kier molecular flexibility index (Phi) is 7.45. The number of carbonyl (C=O) groups excluding carboxylic acids is 2. The lowest BCUT2D eigenvalue weighted by atomic mass is 10.0. The summed E-state index contributed by atoms with van der Waals surface area (Å²) in [5, 5.41) is 15.7. The van der Waals surface area contributed by atoms with Crippen LogP contribution in [0, 0.1) is 6.92 Å². The number of nitrogens with zero attached hydrogens (tertiary/aromatic N) is 6.